The van der Waals surface area contributed by atoms with Crippen molar-refractivity contribution in [2.45, 2.75) is 57.7 Å². The minimum atomic E-state index is -4.41. The van der Waals surface area contributed by atoms with E-state index in [0.29, 0.717) is 38.1 Å². The van der Waals surface area contributed by atoms with E-state index in [4.69, 9.17) is 44.3 Å². The molecule has 2 fully saturated rings. The van der Waals surface area contributed by atoms with E-state index in [1.54, 1.807) is 6.07 Å². The van der Waals surface area contributed by atoms with Crippen molar-refractivity contribution in [2.24, 2.45) is 0 Å². The van der Waals surface area contributed by atoms with Crippen LogP contribution >= 0.6 is 0 Å². The number of nitrogens with zero attached hydrogens (tertiary/aromatic N) is 2. The van der Waals surface area contributed by atoms with Gasteiger partial charge >= 0.3 is 30.1 Å². The van der Waals surface area contributed by atoms with E-state index in [-0.39, 0.29) is 12.5 Å². The fourth-order valence-electron chi connectivity index (χ4n) is 5.51. The number of carboxylic acids is 4. The molecule has 0 aliphatic carbocycles. The Labute approximate surface area is 281 Å². The molecule has 1 amide bonds. The zero-order valence-corrected chi connectivity index (χ0v) is 27.3. The van der Waals surface area contributed by atoms with Gasteiger partial charge in [-0.05, 0) is 81.4 Å². The first-order valence-electron chi connectivity index (χ1n) is 15.5. The molecule has 2 saturated heterocycles. The Balaban J connectivity index is 0.000000594. The van der Waals surface area contributed by atoms with E-state index in [9.17, 15) is 18.0 Å². The van der Waals surface area contributed by atoms with Crippen molar-refractivity contribution in [3.63, 3.8) is 0 Å². The number of alkyl halides is 3. The van der Waals surface area contributed by atoms with Gasteiger partial charge in [0, 0.05) is 25.3 Å². The summed E-state index contributed by atoms with van der Waals surface area (Å²) in [5.74, 6) is -7.38. The van der Waals surface area contributed by atoms with E-state index in [1.165, 1.54) is 31.4 Å². The number of carbonyl (C=O) groups excluding carboxylic acids is 1. The lowest BCUT2D eigenvalue weighted by atomic mass is 9.83. The standard InChI is InChI=1S/C29H38F3N3O2.2C2H2O4/c1-22-8-6-9-23(2)27(22)33-26(36)21-35-16-12-28(13-17-35,37-19-18-34-14-4-3-5-15-34)24-10-7-11-25(20-24)29(30,31)32;2*3-1(4)2(5)6/h6-11,20H,3-5,12-19,21H2,1-2H3,(H,33,36);2*(H,3,4)(H,5,6). The highest BCUT2D eigenvalue weighted by Gasteiger charge is 2.40. The molecule has 16 heteroatoms. The number of halogens is 3. The molecule has 49 heavy (non-hydrogen) atoms. The Bertz CT molecular complexity index is 1390. The third kappa shape index (κ3) is 13.5. The summed E-state index contributed by atoms with van der Waals surface area (Å²) in [4.78, 5) is 53.6. The molecule has 0 saturated carbocycles. The molecular formula is C33H42F3N3O10. The van der Waals surface area contributed by atoms with Gasteiger partial charge in [0.15, 0.2) is 0 Å². The van der Waals surface area contributed by atoms with Crippen molar-refractivity contribution in [3.8, 4) is 0 Å². The molecule has 0 radical (unpaired) electrons. The molecule has 13 nitrogen and oxygen atoms in total. The number of aliphatic carboxylic acids is 4. The van der Waals surface area contributed by atoms with Gasteiger partial charge in [0.2, 0.25) is 5.91 Å². The number of anilines is 1. The number of carboxylic acid groups (broad SMARTS) is 4. The van der Waals surface area contributed by atoms with E-state index >= 15 is 0 Å². The van der Waals surface area contributed by atoms with Gasteiger partial charge in [0.1, 0.15) is 0 Å². The Morgan fingerprint density at radius 2 is 1.29 bits per heavy atom. The number of aryl methyl sites for hydroxylation is 2. The van der Waals surface area contributed by atoms with Gasteiger partial charge in [0.25, 0.3) is 0 Å². The normalized spacial score (nSPS) is 16.2. The third-order valence-electron chi connectivity index (χ3n) is 8.09. The molecule has 270 valence electrons. The predicted molar refractivity (Wildman–Crippen MR) is 170 cm³/mol. The van der Waals surface area contributed by atoms with Crippen LogP contribution in [0.4, 0.5) is 18.9 Å². The molecular weight excluding hydrogens is 655 g/mol. The topological polar surface area (TPSA) is 194 Å². The summed E-state index contributed by atoms with van der Waals surface area (Å²) in [5.41, 5.74) is 1.98. The molecule has 0 aromatic heterocycles. The van der Waals surface area contributed by atoms with Crippen LogP contribution in [-0.2, 0) is 40.5 Å². The van der Waals surface area contributed by atoms with Gasteiger partial charge in [-0.15, -0.1) is 0 Å². The third-order valence-corrected chi connectivity index (χ3v) is 8.09. The highest BCUT2D eigenvalue weighted by molar-refractivity contribution is 6.27. The van der Waals surface area contributed by atoms with Gasteiger partial charge in [-0.25, -0.2) is 19.2 Å². The fraction of sp³-hybridized carbons (Fsp3) is 0.485. The average molecular weight is 698 g/mol. The zero-order chi connectivity index (χ0) is 36.8. The summed E-state index contributed by atoms with van der Waals surface area (Å²) < 4.78 is 47.0. The smallest absolute Gasteiger partial charge is 0.416 e. The lowest BCUT2D eigenvalue weighted by Crippen LogP contribution is -2.47. The Kier molecular flexibility index (Phi) is 15.6. The average Bonchev–Trinajstić information content (AvgIpc) is 3.04. The van der Waals surface area contributed by atoms with Crippen molar-refractivity contribution >= 4 is 35.5 Å². The maximum absolute atomic E-state index is 13.5. The number of rotatable bonds is 8. The Hall–Kier alpha value is -4.54. The maximum Gasteiger partial charge on any atom is 0.416 e. The number of piperidine rings is 2. The van der Waals surface area contributed by atoms with Crippen LogP contribution in [-0.4, -0.2) is 106 Å². The lowest BCUT2D eigenvalue weighted by molar-refractivity contribution is -0.159. The van der Waals surface area contributed by atoms with E-state index in [0.717, 1.165) is 42.5 Å². The summed E-state index contributed by atoms with van der Waals surface area (Å²) in [5, 5.41) is 32.6. The molecule has 2 aliphatic rings. The minimum absolute atomic E-state index is 0.0880. The first kappa shape index (κ1) is 40.6. The summed E-state index contributed by atoms with van der Waals surface area (Å²) in [7, 11) is 0. The van der Waals surface area contributed by atoms with Crippen molar-refractivity contribution in [2.75, 3.05) is 51.2 Å². The van der Waals surface area contributed by atoms with Crippen LogP contribution in [0.2, 0.25) is 0 Å². The second-order valence-corrected chi connectivity index (χ2v) is 11.6. The first-order chi connectivity index (χ1) is 22.9. The van der Waals surface area contributed by atoms with Crippen LogP contribution in [0.1, 0.15) is 54.4 Å². The SMILES string of the molecule is Cc1cccc(C)c1NC(=O)CN1CCC(OCCN2CCCCC2)(c2cccc(C(F)(F)F)c2)CC1.O=C(O)C(=O)O.O=C(O)C(=O)O. The molecule has 2 aliphatic heterocycles. The highest BCUT2D eigenvalue weighted by Crippen LogP contribution is 2.39. The molecule has 5 N–H and O–H groups in total. The minimum Gasteiger partial charge on any atom is -0.473 e. The van der Waals surface area contributed by atoms with E-state index in [2.05, 4.69) is 15.1 Å². The van der Waals surface area contributed by atoms with Crippen molar-refractivity contribution < 1.29 is 62.3 Å². The number of carbonyl (C=O) groups is 5. The van der Waals surface area contributed by atoms with Crippen molar-refractivity contribution in [1.82, 2.24) is 9.80 Å². The maximum atomic E-state index is 13.5. The molecule has 0 atom stereocenters. The molecule has 2 heterocycles. The van der Waals surface area contributed by atoms with Crippen LogP contribution < -0.4 is 5.32 Å². The highest BCUT2D eigenvalue weighted by atomic mass is 19.4. The second-order valence-electron chi connectivity index (χ2n) is 11.6. The molecule has 2 aromatic carbocycles. The van der Waals surface area contributed by atoms with Gasteiger partial charge in [-0.3, -0.25) is 9.69 Å². The fourth-order valence-corrected chi connectivity index (χ4v) is 5.51. The predicted octanol–water partition coefficient (Wildman–Crippen LogP) is 4.07. The summed E-state index contributed by atoms with van der Waals surface area (Å²) in [6, 6.07) is 11.5. The van der Waals surface area contributed by atoms with Crippen LogP contribution in [0.25, 0.3) is 0 Å². The molecule has 0 unspecified atom stereocenters. The number of likely N-dealkylation sites (tertiary alicyclic amines) is 2. The Morgan fingerprint density at radius 1 is 0.776 bits per heavy atom. The zero-order valence-electron chi connectivity index (χ0n) is 27.3. The van der Waals surface area contributed by atoms with Crippen LogP contribution in [0.5, 0.6) is 0 Å². The number of para-hydroxylation sites is 1. The molecule has 0 bridgehead atoms. The number of amides is 1. The summed E-state index contributed by atoms with van der Waals surface area (Å²) >= 11 is 0. The van der Waals surface area contributed by atoms with E-state index < -0.39 is 41.2 Å². The number of hydrogen-bond donors (Lipinski definition) is 5. The monoisotopic (exact) mass is 697 g/mol. The van der Waals surface area contributed by atoms with E-state index in [1.807, 2.05) is 32.0 Å². The van der Waals surface area contributed by atoms with Crippen molar-refractivity contribution in [1.29, 1.82) is 0 Å². The molecule has 0 spiro atoms. The first-order valence-corrected chi connectivity index (χ1v) is 15.5. The largest absolute Gasteiger partial charge is 0.473 e. The number of hydrogen-bond acceptors (Lipinski definition) is 8. The van der Waals surface area contributed by atoms with Crippen LogP contribution in [0.3, 0.4) is 0 Å². The second kappa shape index (κ2) is 18.9. The Morgan fingerprint density at radius 3 is 1.78 bits per heavy atom. The van der Waals surface area contributed by atoms with Crippen LogP contribution in [0, 0.1) is 13.8 Å². The summed E-state index contributed by atoms with van der Waals surface area (Å²) in [6.07, 6.45) is 0.265. The quantitative estimate of drug-likeness (QED) is 0.249. The molecule has 4 rings (SSSR count). The van der Waals surface area contributed by atoms with Gasteiger partial charge in [0.05, 0.1) is 24.3 Å². The van der Waals surface area contributed by atoms with Gasteiger partial charge in [-0.1, -0.05) is 36.8 Å². The van der Waals surface area contributed by atoms with Crippen LogP contribution in [0.15, 0.2) is 42.5 Å². The lowest BCUT2D eigenvalue weighted by Gasteiger charge is -2.42. The van der Waals surface area contributed by atoms with Crippen molar-refractivity contribution in [3.05, 3.63) is 64.7 Å². The number of ether oxygens (including phenoxy) is 1. The summed E-state index contributed by atoms with van der Waals surface area (Å²) in [6.45, 7) is 8.65. The van der Waals surface area contributed by atoms with Gasteiger partial charge in [-0.2, -0.15) is 13.2 Å². The number of nitrogens with one attached hydrogen (secondary N) is 1. The van der Waals surface area contributed by atoms with Gasteiger partial charge < -0.3 is 35.4 Å². The molecule has 2 aromatic rings. The number of benzene rings is 2.